The molecule has 1 aliphatic heterocycles. The van der Waals surface area contributed by atoms with E-state index in [1.807, 2.05) is 22.2 Å². The average molecular weight is 293 g/mol. The fourth-order valence-electron chi connectivity index (χ4n) is 3.19. The van der Waals surface area contributed by atoms with Gasteiger partial charge >= 0.3 is 0 Å². The molecule has 1 aliphatic rings. The summed E-state index contributed by atoms with van der Waals surface area (Å²) in [5.41, 5.74) is 0.858. The topological polar surface area (TPSA) is 40.8 Å². The maximum absolute atomic E-state index is 10.8. The zero-order valence-electron chi connectivity index (χ0n) is 12.2. The molecule has 3 heterocycles. The van der Waals surface area contributed by atoms with Gasteiger partial charge in [0.25, 0.3) is 0 Å². The van der Waals surface area contributed by atoms with Gasteiger partial charge in [0.15, 0.2) is 4.96 Å². The van der Waals surface area contributed by atoms with Crippen molar-refractivity contribution in [2.45, 2.75) is 51.2 Å². The highest BCUT2D eigenvalue weighted by Gasteiger charge is 2.38. The van der Waals surface area contributed by atoms with Crippen LogP contribution in [0.1, 0.15) is 38.8 Å². The van der Waals surface area contributed by atoms with Gasteiger partial charge in [-0.15, -0.1) is 11.3 Å². The number of hydrogen-bond donors (Lipinski definition) is 1. The molecule has 2 aromatic heterocycles. The highest BCUT2D eigenvalue weighted by molar-refractivity contribution is 7.15. The third-order valence-corrected chi connectivity index (χ3v) is 5.58. The molecule has 0 aliphatic carbocycles. The van der Waals surface area contributed by atoms with Crippen molar-refractivity contribution in [2.75, 3.05) is 13.1 Å². The standard InChI is InChI=1S/C15H23N3OS/c1-3-15(2,18-6-4-5-7-18)13(19)10-12-11-17-8-9-20-14(17)16-12/h8-9,11,13,19H,3-7,10H2,1-2H3. The van der Waals surface area contributed by atoms with Crippen LogP contribution >= 0.6 is 11.3 Å². The third kappa shape index (κ3) is 2.38. The Kier molecular flexibility index (Phi) is 3.84. The van der Waals surface area contributed by atoms with Crippen molar-refractivity contribution in [1.29, 1.82) is 0 Å². The van der Waals surface area contributed by atoms with Crippen molar-refractivity contribution in [3.05, 3.63) is 23.5 Å². The van der Waals surface area contributed by atoms with Gasteiger partial charge in [-0.25, -0.2) is 4.98 Å². The zero-order valence-corrected chi connectivity index (χ0v) is 13.1. The van der Waals surface area contributed by atoms with Crippen LogP contribution in [0.15, 0.2) is 17.8 Å². The Hall–Kier alpha value is -0.910. The maximum atomic E-state index is 10.8. The first-order valence-electron chi connectivity index (χ1n) is 7.47. The lowest BCUT2D eigenvalue weighted by Crippen LogP contribution is -2.53. The van der Waals surface area contributed by atoms with Crippen LogP contribution in [0.5, 0.6) is 0 Å². The van der Waals surface area contributed by atoms with E-state index < -0.39 is 0 Å². The SMILES string of the molecule is CCC(C)(C(O)Cc1cn2ccsc2n1)N1CCCC1. The first kappa shape index (κ1) is 14.0. The van der Waals surface area contributed by atoms with E-state index >= 15 is 0 Å². The smallest absolute Gasteiger partial charge is 0.193 e. The largest absolute Gasteiger partial charge is 0.391 e. The van der Waals surface area contributed by atoms with Crippen LogP contribution < -0.4 is 0 Å². The van der Waals surface area contributed by atoms with E-state index in [-0.39, 0.29) is 11.6 Å². The molecule has 1 N–H and O–H groups in total. The van der Waals surface area contributed by atoms with Gasteiger partial charge in [-0.05, 0) is 39.3 Å². The number of aliphatic hydroxyl groups excluding tert-OH is 1. The van der Waals surface area contributed by atoms with Gasteiger partial charge in [-0.2, -0.15) is 0 Å². The Balaban J connectivity index is 1.76. The Morgan fingerprint density at radius 1 is 1.45 bits per heavy atom. The predicted molar refractivity (Wildman–Crippen MR) is 82.3 cm³/mol. The summed E-state index contributed by atoms with van der Waals surface area (Å²) in [5.74, 6) is 0. The van der Waals surface area contributed by atoms with E-state index in [4.69, 9.17) is 0 Å². The van der Waals surface area contributed by atoms with E-state index in [0.717, 1.165) is 30.2 Å². The number of aliphatic hydroxyl groups is 1. The lowest BCUT2D eigenvalue weighted by Gasteiger charge is -2.42. The van der Waals surface area contributed by atoms with Gasteiger partial charge in [-0.3, -0.25) is 9.30 Å². The summed E-state index contributed by atoms with van der Waals surface area (Å²) < 4.78 is 2.03. The second kappa shape index (κ2) is 5.47. The molecule has 0 spiro atoms. The van der Waals surface area contributed by atoms with Gasteiger partial charge in [0.05, 0.1) is 11.8 Å². The van der Waals surface area contributed by atoms with E-state index in [0.29, 0.717) is 6.42 Å². The van der Waals surface area contributed by atoms with Crippen LogP contribution in [0.3, 0.4) is 0 Å². The van der Waals surface area contributed by atoms with E-state index in [1.165, 1.54) is 12.8 Å². The van der Waals surface area contributed by atoms with Gasteiger partial charge in [0.2, 0.25) is 0 Å². The molecule has 0 bridgehead atoms. The molecule has 1 saturated heterocycles. The number of aromatic nitrogens is 2. The summed E-state index contributed by atoms with van der Waals surface area (Å²) in [4.78, 5) is 8.05. The Morgan fingerprint density at radius 2 is 2.20 bits per heavy atom. The molecule has 2 aromatic rings. The van der Waals surface area contributed by atoms with Gasteiger partial charge in [0, 0.05) is 29.7 Å². The summed E-state index contributed by atoms with van der Waals surface area (Å²) in [6.45, 7) is 6.59. The molecule has 20 heavy (non-hydrogen) atoms. The number of rotatable bonds is 5. The highest BCUT2D eigenvalue weighted by Crippen LogP contribution is 2.29. The summed E-state index contributed by atoms with van der Waals surface area (Å²) in [7, 11) is 0. The zero-order chi connectivity index (χ0) is 14.2. The Labute approximate surface area is 124 Å². The molecule has 5 heteroatoms. The van der Waals surface area contributed by atoms with Gasteiger partial charge in [-0.1, -0.05) is 6.92 Å². The quantitative estimate of drug-likeness (QED) is 0.921. The second-order valence-corrected chi connectivity index (χ2v) is 6.82. The van der Waals surface area contributed by atoms with Gasteiger partial charge in [0.1, 0.15) is 0 Å². The van der Waals surface area contributed by atoms with E-state index in [2.05, 4.69) is 23.7 Å². The molecular formula is C15H23N3OS. The number of thiazole rings is 1. The van der Waals surface area contributed by atoms with Crippen molar-refractivity contribution in [1.82, 2.24) is 14.3 Å². The van der Waals surface area contributed by atoms with E-state index in [9.17, 15) is 5.11 Å². The lowest BCUT2D eigenvalue weighted by atomic mass is 9.87. The molecule has 0 radical (unpaired) electrons. The van der Waals surface area contributed by atoms with Crippen molar-refractivity contribution in [3.63, 3.8) is 0 Å². The number of fused-ring (bicyclic) bond motifs is 1. The normalized spacial score (nSPS) is 21.4. The van der Waals surface area contributed by atoms with Crippen molar-refractivity contribution in [2.24, 2.45) is 0 Å². The summed E-state index contributed by atoms with van der Waals surface area (Å²) in [5, 5.41) is 12.8. The first-order chi connectivity index (χ1) is 9.63. The minimum absolute atomic E-state index is 0.131. The van der Waals surface area contributed by atoms with Gasteiger partial charge < -0.3 is 5.11 Å². The first-order valence-corrected chi connectivity index (χ1v) is 8.35. The number of hydrogen-bond acceptors (Lipinski definition) is 4. The van der Waals surface area contributed by atoms with Crippen molar-refractivity contribution in [3.8, 4) is 0 Å². The Bertz CT molecular complexity index is 544. The molecule has 0 saturated carbocycles. The lowest BCUT2D eigenvalue weighted by molar-refractivity contribution is -0.0121. The number of imidazole rings is 1. The fourth-order valence-corrected chi connectivity index (χ4v) is 3.91. The van der Waals surface area contributed by atoms with Crippen LogP contribution in [-0.4, -0.2) is 44.1 Å². The summed E-state index contributed by atoms with van der Waals surface area (Å²) >= 11 is 1.63. The minimum Gasteiger partial charge on any atom is -0.391 e. The molecular weight excluding hydrogens is 270 g/mol. The summed E-state index contributed by atoms with van der Waals surface area (Å²) in [6.07, 6.45) is 7.80. The van der Waals surface area contributed by atoms with Crippen LogP contribution in [-0.2, 0) is 6.42 Å². The maximum Gasteiger partial charge on any atom is 0.193 e. The van der Waals surface area contributed by atoms with Crippen LogP contribution in [0.2, 0.25) is 0 Å². The van der Waals surface area contributed by atoms with Crippen LogP contribution in [0.4, 0.5) is 0 Å². The molecule has 0 aromatic carbocycles. The monoisotopic (exact) mass is 293 g/mol. The Morgan fingerprint density at radius 3 is 2.85 bits per heavy atom. The third-order valence-electron chi connectivity index (χ3n) is 4.81. The number of likely N-dealkylation sites (tertiary alicyclic amines) is 1. The molecule has 3 rings (SSSR count). The molecule has 2 atom stereocenters. The minimum atomic E-state index is -0.366. The summed E-state index contributed by atoms with van der Waals surface area (Å²) in [6, 6.07) is 0. The molecule has 4 nitrogen and oxygen atoms in total. The molecule has 1 fully saturated rings. The fraction of sp³-hybridized carbons (Fsp3) is 0.667. The van der Waals surface area contributed by atoms with Crippen molar-refractivity contribution >= 4 is 16.3 Å². The average Bonchev–Trinajstić information content (AvgIpc) is 3.13. The number of nitrogens with zero attached hydrogens (tertiary/aromatic N) is 3. The predicted octanol–water partition coefficient (Wildman–Crippen LogP) is 2.56. The van der Waals surface area contributed by atoms with Crippen molar-refractivity contribution < 1.29 is 5.11 Å². The van der Waals surface area contributed by atoms with Crippen LogP contribution in [0, 0.1) is 0 Å². The molecule has 0 amide bonds. The molecule has 110 valence electrons. The highest BCUT2D eigenvalue weighted by atomic mass is 32.1. The molecule has 2 unspecified atom stereocenters. The van der Waals surface area contributed by atoms with Crippen LogP contribution in [0.25, 0.3) is 4.96 Å². The van der Waals surface area contributed by atoms with E-state index in [1.54, 1.807) is 11.3 Å². The second-order valence-electron chi connectivity index (χ2n) is 5.95.